The normalized spacial score (nSPS) is 10.7. The van der Waals surface area contributed by atoms with Crippen molar-refractivity contribution in [3.05, 3.63) is 59.0 Å². The monoisotopic (exact) mass is 238 g/mol. The second-order valence-electron chi connectivity index (χ2n) is 3.90. The minimum absolute atomic E-state index is 0.341. The van der Waals surface area contributed by atoms with Crippen LogP contribution in [0.5, 0.6) is 0 Å². The summed E-state index contributed by atoms with van der Waals surface area (Å²) < 4.78 is 1.47. The smallest absolute Gasteiger partial charge is 0.263 e. The number of rotatable bonds is 1. The van der Waals surface area contributed by atoms with Crippen molar-refractivity contribution in [3.63, 3.8) is 0 Å². The van der Waals surface area contributed by atoms with Crippen LogP contribution in [0.25, 0.3) is 16.7 Å². The van der Waals surface area contributed by atoms with Gasteiger partial charge < -0.3 is 0 Å². The molecule has 0 fully saturated rings. The summed E-state index contributed by atoms with van der Waals surface area (Å²) in [5.41, 5.74) is 1.61. The Bertz CT molecular complexity index is 765. The fraction of sp³-hybridized carbons (Fsp3) is 0.0769. The van der Waals surface area contributed by atoms with Gasteiger partial charge in [-0.05, 0) is 31.2 Å². The van der Waals surface area contributed by atoms with Gasteiger partial charge in [0.1, 0.15) is 5.65 Å². The Kier molecular flexibility index (Phi) is 2.37. The van der Waals surface area contributed by atoms with Crippen molar-refractivity contribution in [2.75, 3.05) is 0 Å². The van der Waals surface area contributed by atoms with Crippen molar-refractivity contribution in [2.45, 2.75) is 6.92 Å². The lowest BCUT2D eigenvalue weighted by atomic mass is 10.2. The fourth-order valence-corrected chi connectivity index (χ4v) is 1.92. The van der Waals surface area contributed by atoms with E-state index in [0.29, 0.717) is 17.0 Å². The maximum Gasteiger partial charge on any atom is 0.354 e. The summed E-state index contributed by atoms with van der Waals surface area (Å²) in [5, 5.41) is 0.862. The standard InChI is InChI=1S/C13H10N4O/c1-9-11-5-3-7-15-12(11)17(13(18)16-9)10-4-2-6-14-8-10/h2-8H,1H3. The van der Waals surface area contributed by atoms with Gasteiger partial charge in [-0.2, -0.15) is 4.98 Å². The molecule has 0 aliphatic carbocycles. The van der Waals surface area contributed by atoms with Crippen LogP contribution in [0.2, 0.25) is 0 Å². The van der Waals surface area contributed by atoms with Gasteiger partial charge in [-0.1, -0.05) is 0 Å². The van der Waals surface area contributed by atoms with Gasteiger partial charge in [0.25, 0.3) is 0 Å². The third-order valence-corrected chi connectivity index (χ3v) is 2.75. The Morgan fingerprint density at radius 2 is 2.00 bits per heavy atom. The van der Waals surface area contributed by atoms with Crippen molar-refractivity contribution >= 4 is 11.0 Å². The van der Waals surface area contributed by atoms with E-state index in [1.165, 1.54) is 4.57 Å². The molecule has 0 aromatic carbocycles. The van der Waals surface area contributed by atoms with Crippen LogP contribution in [0.3, 0.4) is 0 Å². The zero-order chi connectivity index (χ0) is 12.5. The lowest BCUT2D eigenvalue weighted by molar-refractivity contribution is 0.917. The minimum Gasteiger partial charge on any atom is -0.263 e. The number of hydrogen-bond donors (Lipinski definition) is 0. The lowest BCUT2D eigenvalue weighted by Crippen LogP contribution is -2.23. The highest BCUT2D eigenvalue weighted by Crippen LogP contribution is 2.14. The van der Waals surface area contributed by atoms with E-state index < -0.39 is 0 Å². The molecule has 0 unspecified atom stereocenters. The van der Waals surface area contributed by atoms with Crippen LogP contribution in [0.4, 0.5) is 0 Å². The summed E-state index contributed by atoms with van der Waals surface area (Å²) in [7, 11) is 0. The Balaban J connectivity index is 2.46. The molecule has 18 heavy (non-hydrogen) atoms. The molecule has 0 saturated carbocycles. The molecule has 0 N–H and O–H groups in total. The largest absolute Gasteiger partial charge is 0.354 e. The molecule has 0 saturated heterocycles. The van der Waals surface area contributed by atoms with Gasteiger partial charge in [0.05, 0.1) is 17.6 Å². The van der Waals surface area contributed by atoms with Gasteiger partial charge in [0, 0.05) is 17.8 Å². The molecule has 3 aromatic heterocycles. The SMILES string of the molecule is Cc1nc(=O)n(-c2cccnc2)c2ncccc12. The number of hydrogen-bond acceptors (Lipinski definition) is 4. The van der Waals surface area contributed by atoms with Crippen LogP contribution in [-0.2, 0) is 0 Å². The van der Waals surface area contributed by atoms with E-state index in [1.54, 1.807) is 37.6 Å². The second-order valence-corrected chi connectivity index (χ2v) is 3.90. The van der Waals surface area contributed by atoms with Gasteiger partial charge in [0.2, 0.25) is 0 Å². The molecule has 0 atom stereocenters. The molecular weight excluding hydrogens is 228 g/mol. The summed E-state index contributed by atoms with van der Waals surface area (Å²) in [5.74, 6) is 0. The highest BCUT2D eigenvalue weighted by Gasteiger charge is 2.09. The number of pyridine rings is 2. The van der Waals surface area contributed by atoms with Crippen LogP contribution in [-0.4, -0.2) is 19.5 Å². The van der Waals surface area contributed by atoms with Crippen molar-refractivity contribution in [2.24, 2.45) is 0 Å². The third kappa shape index (κ3) is 1.57. The van der Waals surface area contributed by atoms with Gasteiger partial charge >= 0.3 is 5.69 Å². The van der Waals surface area contributed by atoms with E-state index in [-0.39, 0.29) is 5.69 Å². The average molecular weight is 238 g/mol. The molecule has 0 radical (unpaired) electrons. The number of fused-ring (bicyclic) bond motifs is 1. The van der Waals surface area contributed by atoms with E-state index in [9.17, 15) is 4.79 Å². The minimum atomic E-state index is -0.341. The molecule has 3 rings (SSSR count). The summed E-state index contributed by atoms with van der Waals surface area (Å²) in [4.78, 5) is 24.3. The van der Waals surface area contributed by atoms with Crippen LogP contribution in [0.1, 0.15) is 5.69 Å². The number of aryl methyl sites for hydroxylation is 1. The summed E-state index contributed by atoms with van der Waals surface area (Å²) >= 11 is 0. The molecule has 0 aliphatic rings. The van der Waals surface area contributed by atoms with Gasteiger partial charge in [-0.15, -0.1) is 0 Å². The van der Waals surface area contributed by atoms with Gasteiger partial charge in [-0.25, -0.2) is 14.3 Å². The Labute approximate surface area is 103 Å². The Morgan fingerprint density at radius 1 is 1.17 bits per heavy atom. The predicted octanol–water partition coefficient (Wildman–Crippen LogP) is 1.48. The quantitative estimate of drug-likeness (QED) is 0.644. The zero-order valence-corrected chi connectivity index (χ0v) is 9.74. The summed E-state index contributed by atoms with van der Waals surface area (Å²) in [6.45, 7) is 1.80. The summed E-state index contributed by atoms with van der Waals surface area (Å²) in [6, 6.07) is 7.31. The number of nitrogens with zero attached hydrogens (tertiary/aromatic N) is 4. The van der Waals surface area contributed by atoms with Crippen LogP contribution >= 0.6 is 0 Å². The van der Waals surface area contributed by atoms with E-state index in [1.807, 2.05) is 12.1 Å². The van der Waals surface area contributed by atoms with Crippen molar-refractivity contribution in [3.8, 4) is 5.69 Å². The first kappa shape index (κ1) is 10.6. The van der Waals surface area contributed by atoms with Crippen LogP contribution in [0, 0.1) is 6.92 Å². The molecule has 0 aliphatic heterocycles. The highest BCUT2D eigenvalue weighted by molar-refractivity contribution is 5.78. The summed E-state index contributed by atoms with van der Waals surface area (Å²) in [6.07, 6.45) is 4.94. The molecule has 5 nitrogen and oxygen atoms in total. The highest BCUT2D eigenvalue weighted by atomic mass is 16.1. The van der Waals surface area contributed by atoms with Crippen LogP contribution < -0.4 is 5.69 Å². The maximum absolute atomic E-state index is 12.0. The Hall–Kier alpha value is -2.56. The zero-order valence-electron chi connectivity index (χ0n) is 9.74. The first-order valence-electron chi connectivity index (χ1n) is 5.52. The maximum atomic E-state index is 12.0. The van der Waals surface area contributed by atoms with E-state index in [2.05, 4.69) is 15.0 Å². The molecular formula is C13H10N4O. The third-order valence-electron chi connectivity index (χ3n) is 2.75. The Morgan fingerprint density at radius 3 is 2.78 bits per heavy atom. The van der Waals surface area contributed by atoms with Gasteiger partial charge in [-0.3, -0.25) is 4.98 Å². The molecule has 88 valence electrons. The second kappa shape index (κ2) is 4.03. The average Bonchev–Trinajstić information content (AvgIpc) is 2.40. The van der Waals surface area contributed by atoms with Crippen molar-refractivity contribution < 1.29 is 0 Å². The molecule has 3 aromatic rings. The predicted molar refractivity (Wildman–Crippen MR) is 67.7 cm³/mol. The van der Waals surface area contributed by atoms with Crippen LogP contribution in [0.15, 0.2) is 47.7 Å². The van der Waals surface area contributed by atoms with E-state index in [4.69, 9.17) is 0 Å². The van der Waals surface area contributed by atoms with Crippen molar-refractivity contribution in [1.29, 1.82) is 0 Å². The first-order valence-corrected chi connectivity index (χ1v) is 5.52. The topological polar surface area (TPSA) is 60.7 Å². The number of aromatic nitrogens is 4. The van der Waals surface area contributed by atoms with Gasteiger partial charge in [0.15, 0.2) is 0 Å². The molecule has 5 heteroatoms. The van der Waals surface area contributed by atoms with E-state index >= 15 is 0 Å². The first-order chi connectivity index (χ1) is 8.77. The lowest BCUT2D eigenvalue weighted by Gasteiger charge is -2.09. The molecule has 0 amide bonds. The molecule has 0 bridgehead atoms. The molecule has 3 heterocycles. The van der Waals surface area contributed by atoms with Crippen molar-refractivity contribution in [1.82, 2.24) is 19.5 Å². The molecule has 0 spiro atoms. The van der Waals surface area contributed by atoms with E-state index in [0.717, 1.165) is 5.39 Å². The fourth-order valence-electron chi connectivity index (χ4n) is 1.92.